The average Bonchev–Trinajstić information content (AvgIpc) is 2.79. The molecule has 1 heterocycles. The van der Waals surface area contributed by atoms with Crippen molar-refractivity contribution in [1.82, 2.24) is 5.32 Å². The van der Waals surface area contributed by atoms with Gasteiger partial charge in [0.25, 0.3) is 0 Å². The highest BCUT2D eigenvalue weighted by molar-refractivity contribution is 6.03. The summed E-state index contributed by atoms with van der Waals surface area (Å²) < 4.78 is 0. The molecule has 1 saturated carbocycles. The summed E-state index contributed by atoms with van der Waals surface area (Å²) in [6.45, 7) is 0.633. The zero-order valence-electron chi connectivity index (χ0n) is 12.4. The molecular formula is C18H23NO2. The molecule has 3 rings (SSSR count). The van der Waals surface area contributed by atoms with Crippen LogP contribution in [0.15, 0.2) is 30.3 Å². The number of benzene rings is 1. The molecule has 1 amide bonds. The quantitative estimate of drug-likeness (QED) is 0.817. The van der Waals surface area contributed by atoms with E-state index in [1.54, 1.807) is 0 Å². The summed E-state index contributed by atoms with van der Waals surface area (Å²) in [4.78, 5) is 24.5. The maximum absolute atomic E-state index is 12.4. The van der Waals surface area contributed by atoms with Gasteiger partial charge in [-0.05, 0) is 30.2 Å². The number of carbonyl (C=O) groups is 2. The molecule has 21 heavy (non-hydrogen) atoms. The Morgan fingerprint density at radius 2 is 1.95 bits per heavy atom. The number of carbonyl (C=O) groups excluding carboxylic acids is 2. The number of hydrogen-bond acceptors (Lipinski definition) is 2. The molecule has 1 aliphatic heterocycles. The molecule has 2 aliphatic rings. The molecule has 1 saturated heterocycles. The summed E-state index contributed by atoms with van der Waals surface area (Å²) in [7, 11) is 0. The van der Waals surface area contributed by atoms with Crippen LogP contribution in [-0.2, 0) is 16.0 Å². The Morgan fingerprint density at radius 3 is 2.62 bits per heavy atom. The van der Waals surface area contributed by atoms with Crippen molar-refractivity contribution in [3.05, 3.63) is 35.9 Å². The minimum Gasteiger partial charge on any atom is -0.355 e. The summed E-state index contributed by atoms with van der Waals surface area (Å²) in [6.07, 6.45) is 6.18. The van der Waals surface area contributed by atoms with Crippen molar-refractivity contribution in [3.8, 4) is 0 Å². The molecule has 2 fully saturated rings. The predicted molar refractivity (Wildman–Crippen MR) is 81.7 cm³/mol. The van der Waals surface area contributed by atoms with Crippen molar-refractivity contribution in [2.75, 3.05) is 6.54 Å². The van der Waals surface area contributed by atoms with Crippen LogP contribution in [0.1, 0.15) is 37.7 Å². The molecule has 0 aromatic heterocycles. The van der Waals surface area contributed by atoms with Crippen LogP contribution in [0.2, 0.25) is 0 Å². The van der Waals surface area contributed by atoms with E-state index >= 15 is 0 Å². The van der Waals surface area contributed by atoms with Crippen molar-refractivity contribution in [3.63, 3.8) is 0 Å². The number of hydrogen-bond donors (Lipinski definition) is 1. The van der Waals surface area contributed by atoms with Gasteiger partial charge in [0.15, 0.2) is 0 Å². The Kier molecular flexibility index (Phi) is 4.37. The Balaban J connectivity index is 1.60. The topological polar surface area (TPSA) is 46.2 Å². The molecule has 1 aromatic carbocycles. The van der Waals surface area contributed by atoms with Gasteiger partial charge in [0.1, 0.15) is 11.7 Å². The van der Waals surface area contributed by atoms with E-state index in [0.717, 1.165) is 18.8 Å². The van der Waals surface area contributed by atoms with Gasteiger partial charge in [-0.25, -0.2) is 0 Å². The van der Waals surface area contributed by atoms with Gasteiger partial charge < -0.3 is 5.32 Å². The summed E-state index contributed by atoms with van der Waals surface area (Å²) >= 11 is 0. The highest BCUT2D eigenvalue weighted by atomic mass is 16.2. The fraction of sp³-hybridized carbons (Fsp3) is 0.556. The standard InChI is InChI=1S/C18H23NO2/c20-16(10-9-13-7-4-8-13)17-15(12-19-18(17)21)11-14-5-2-1-3-6-14/h1-3,5-6,13,15,17H,4,7-12H2,(H,19,21)/t15?,17-/m1/s1. The summed E-state index contributed by atoms with van der Waals surface area (Å²) in [6, 6.07) is 10.1. The van der Waals surface area contributed by atoms with Crippen LogP contribution in [0.3, 0.4) is 0 Å². The SMILES string of the molecule is O=C(CCC1CCC1)[C@@H]1C(=O)NCC1Cc1ccccc1. The van der Waals surface area contributed by atoms with E-state index in [1.807, 2.05) is 18.2 Å². The molecule has 2 atom stereocenters. The number of ketones is 1. The maximum Gasteiger partial charge on any atom is 0.230 e. The summed E-state index contributed by atoms with van der Waals surface area (Å²) in [5.74, 6) is 0.512. The van der Waals surface area contributed by atoms with Gasteiger partial charge in [-0.2, -0.15) is 0 Å². The molecule has 3 heteroatoms. The van der Waals surface area contributed by atoms with E-state index < -0.39 is 5.92 Å². The largest absolute Gasteiger partial charge is 0.355 e. The van der Waals surface area contributed by atoms with E-state index in [1.165, 1.54) is 24.8 Å². The van der Waals surface area contributed by atoms with E-state index in [-0.39, 0.29) is 17.6 Å². The fourth-order valence-electron chi connectivity index (χ4n) is 3.47. The zero-order chi connectivity index (χ0) is 14.7. The smallest absolute Gasteiger partial charge is 0.230 e. The van der Waals surface area contributed by atoms with Gasteiger partial charge in [-0.15, -0.1) is 0 Å². The van der Waals surface area contributed by atoms with Gasteiger partial charge in [0.05, 0.1) is 0 Å². The molecule has 0 radical (unpaired) electrons. The zero-order valence-corrected chi connectivity index (χ0v) is 12.4. The van der Waals surface area contributed by atoms with Crippen LogP contribution in [0.4, 0.5) is 0 Å². The van der Waals surface area contributed by atoms with Crippen LogP contribution in [0.5, 0.6) is 0 Å². The van der Waals surface area contributed by atoms with Crippen molar-refractivity contribution in [2.24, 2.45) is 17.8 Å². The lowest BCUT2D eigenvalue weighted by molar-refractivity contribution is -0.133. The average molecular weight is 285 g/mol. The molecule has 3 nitrogen and oxygen atoms in total. The number of nitrogens with one attached hydrogen (secondary N) is 1. The molecule has 0 spiro atoms. The Labute approximate surface area is 126 Å². The van der Waals surface area contributed by atoms with E-state index in [9.17, 15) is 9.59 Å². The monoisotopic (exact) mass is 285 g/mol. The van der Waals surface area contributed by atoms with E-state index in [4.69, 9.17) is 0 Å². The molecule has 1 unspecified atom stereocenters. The summed E-state index contributed by atoms with van der Waals surface area (Å²) in [5, 5.41) is 2.88. The Morgan fingerprint density at radius 1 is 1.19 bits per heavy atom. The van der Waals surface area contributed by atoms with Crippen LogP contribution in [0, 0.1) is 17.8 Å². The van der Waals surface area contributed by atoms with Crippen LogP contribution >= 0.6 is 0 Å². The van der Waals surface area contributed by atoms with Gasteiger partial charge in [-0.1, -0.05) is 49.6 Å². The third-order valence-electron chi connectivity index (χ3n) is 5.00. The van der Waals surface area contributed by atoms with Crippen LogP contribution in [0.25, 0.3) is 0 Å². The van der Waals surface area contributed by atoms with Crippen molar-refractivity contribution < 1.29 is 9.59 Å². The highest BCUT2D eigenvalue weighted by Gasteiger charge is 2.39. The normalized spacial score (nSPS) is 25.4. The van der Waals surface area contributed by atoms with Gasteiger partial charge in [0.2, 0.25) is 5.91 Å². The van der Waals surface area contributed by atoms with Gasteiger partial charge in [0, 0.05) is 13.0 Å². The first kappa shape index (κ1) is 14.3. The lowest BCUT2D eigenvalue weighted by atomic mass is 9.79. The van der Waals surface area contributed by atoms with Crippen molar-refractivity contribution >= 4 is 11.7 Å². The summed E-state index contributed by atoms with van der Waals surface area (Å²) in [5.41, 5.74) is 1.20. The van der Waals surface area contributed by atoms with Gasteiger partial charge in [-0.3, -0.25) is 9.59 Å². The first-order chi connectivity index (χ1) is 10.2. The minimum absolute atomic E-state index is 0.0606. The van der Waals surface area contributed by atoms with E-state index in [2.05, 4.69) is 17.4 Å². The maximum atomic E-state index is 12.4. The third kappa shape index (κ3) is 3.34. The first-order valence-electron chi connectivity index (χ1n) is 8.08. The Hall–Kier alpha value is -1.64. The number of Topliss-reactive ketones (excluding diaryl/α,β-unsaturated/α-hetero) is 1. The minimum atomic E-state index is -0.426. The predicted octanol–water partition coefficient (Wildman–Crippen LogP) is 2.74. The fourth-order valence-corrected chi connectivity index (χ4v) is 3.47. The second-order valence-corrected chi connectivity index (χ2v) is 6.47. The van der Waals surface area contributed by atoms with Crippen LogP contribution < -0.4 is 5.32 Å². The highest BCUT2D eigenvalue weighted by Crippen LogP contribution is 2.32. The molecule has 1 aliphatic carbocycles. The molecule has 112 valence electrons. The van der Waals surface area contributed by atoms with E-state index in [0.29, 0.717) is 13.0 Å². The lowest BCUT2D eigenvalue weighted by Crippen LogP contribution is -2.29. The molecular weight excluding hydrogens is 262 g/mol. The number of rotatable bonds is 6. The second kappa shape index (κ2) is 6.42. The third-order valence-corrected chi connectivity index (χ3v) is 5.00. The number of amides is 1. The molecule has 1 aromatic rings. The van der Waals surface area contributed by atoms with Crippen molar-refractivity contribution in [1.29, 1.82) is 0 Å². The second-order valence-electron chi connectivity index (χ2n) is 6.47. The first-order valence-corrected chi connectivity index (χ1v) is 8.08. The van der Waals surface area contributed by atoms with Gasteiger partial charge >= 0.3 is 0 Å². The Bertz CT molecular complexity index is 507. The van der Waals surface area contributed by atoms with Crippen LogP contribution in [-0.4, -0.2) is 18.2 Å². The molecule has 0 bridgehead atoms. The molecule has 1 N–H and O–H groups in total. The lowest BCUT2D eigenvalue weighted by Gasteiger charge is -2.25. The van der Waals surface area contributed by atoms with Crippen molar-refractivity contribution in [2.45, 2.75) is 38.5 Å².